The number of rotatable bonds is 6. The number of nitrogens with zero attached hydrogens (tertiary/aromatic N) is 2. The van der Waals surface area contributed by atoms with E-state index in [-0.39, 0.29) is 17.5 Å². The monoisotopic (exact) mass is 377 g/mol. The Kier molecular flexibility index (Phi) is 5.79. The van der Waals surface area contributed by atoms with Crippen LogP contribution < -0.4 is 5.32 Å². The van der Waals surface area contributed by atoms with E-state index in [0.717, 1.165) is 22.4 Å². The molecule has 0 saturated carbocycles. The van der Waals surface area contributed by atoms with E-state index in [2.05, 4.69) is 10.4 Å². The van der Waals surface area contributed by atoms with Crippen LogP contribution in [0.1, 0.15) is 18.1 Å². The van der Waals surface area contributed by atoms with Gasteiger partial charge >= 0.3 is 0 Å². The van der Waals surface area contributed by atoms with Crippen LogP contribution in [0.15, 0.2) is 60.8 Å². The molecule has 0 bridgehead atoms. The zero-order valence-corrected chi connectivity index (χ0v) is 15.6. The fourth-order valence-corrected chi connectivity index (χ4v) is 2.88. The van der Waals surface area contributed by atoms with E-state index in [9.17, 15) is 14.0 Å². The van der Waals surface area contributed by atoms with Gasteiger partial charge in [0.1, 0.15) is 11.6 Å². The first-order chi connectivity index (χ1) is 13.4. The van der Waals surface area contributed by atoms with Gasteiger partial charge in [-0.2, -0.15) is 5.10 Å². The number of anilines is 1. The summed E-state index contributed by atoms with van der Waals surface area (Å²) in [7, 11) is 1.79. The molecule has 6 heteroatoms. The maximum Gasteiger partial charge on any atom is 0.248 e. The summed E-state index contributed by atoms with van der Waals surface area (Å²) in [6.07, 6.45) is 5.12. The topological polar surface area (TPSA) is 64.0 Å². The molecule has 0 aliphatic carbocycles. The van der Waals surface area contributed by atoms with Crippen molar-refractivity contribution in [1.82, 2.24) is 9.78 Å². The van der Waals surface area contributed by atoms with Crippen molar-refractivity contribution < 1.29 is 14.0 Å². The van der Waals surface area contributed by atoms with Crippen molar-refractivity contribution >= 4 is 23.5 Å². The van der Waals surface area contributed by atoms with E-state index in [0.29, 0.717) is 12.1 Å². The second kappa shape index (κ2) is 8.43. The fraction of sp³-hybridized carbons (Fsp3) is 0.136. The molecule has 0 radical (unpaired) electrons. The molecule has 1 heterocycles. The highest BCUT2D eigenvalue weighted by Crippen LogP contribution is 2.24. The molecule has 28 heavy (non-hydrogen) atoms. The molecule has 0 aliphatic rings. The molecule has 0 aliphatic heterocycles. The first-order valence-electron chi connectivity index (χ1n) is 8.78. The van der Waals surface area contributed by atoms with E-state index < -0.39 is 0 Å². The van der Waals surface area contributed by atoms with Crippen LogP contribution in [0.2, 0.25) is 0 Å². The SMILES string of the molecule is CC(=O)Cc1ccc(NC(=O)/C=C/c2cnn(C)c2-c2ccc(F)cc2)cc1. The zero-order chi connectivity index (χ0) is 20.1. The fourth-order valence-electron chi connectivity index (χ4n) is 2.88. The summed E-state index contributed by atoms with van der Waals surface area (Å²) in [6.45, 7) is 1.54. The Balaban J connectivity index is 1.71. The third-order valence-electron chi connectivity index (χ3n) is 4.17. The number of Topliss-reactive ketones (excluding diaryl/α,β-unsaturated/α-hetero) is 1. The van der Waals surface area contributed by atoms with E-state index in [1.54, 1.807) is 55.2 Å². The van der Waals surface area contributed by atoms with Gasteiger partial charge in [0.15, 0.2) is 0 Å². The summed E-state index contributed by atoms with van der Waals surface area (Å²) in [5.41, 5.74) is 3.90. The van der Waals surface area contributed by atoms with Crippen LogP contribution in [0.3, 0.4) is 0 Å². The summed E-state index contributed by atoms with van der Waals surface area (Å²) >= 11 is 0. The third kappa shape index (κ3) is 4.79. The number of hydrogen-bond donors (Lipinski definition) is 1. The summed E-state index contributed by atoms with van der Waals surface area (Å²) in [5.74, 6) is -0.502. The Labute approximate surface area is 162 Å². The highest BCUT2D eigenvalue weighted by atomic mass is 19.1. The highest BCUT2D eigenvalue weighted by Gasteiger charge is 2.09. The van der Waals surface area contributed by atoms with Crippen molar-refractivity contribution in [2.24, 2.45) is 7.05 Å². The maximum atomic E-state index is 13.2. The molecule has 1 aromatic heterocycles. The number of aromatic nitrogens is 2. The van der Waals surface area contributed by atoms with Crippen LogP contribution in [-0.4, -0.2) is 21.5 Å². The lowest BCUT2D eigenvalue weighted by Gasteiger charge is -2.05. The average molecular weight is 377 g/mol. The normalized spacial score (nSPS) is 11.0. The minimum atomic E-state index is -0.309. The molecule has 1 amide bonds. The van der Waals surface area contributed by atoms with Gasteiger partial charge in [0.2, 0.25) is 5.91 Å². The molecule has 3 rings (SSSR count). The summed E-state index contributed by atoms with van der Waals surface area (Å²) in [6, 6.07) is 13.3. The molecule has 1 N–H and O–H groups in total. The number of amides is 1. The Hall–Kier alpha value is -3.54. The molecule has 3 aromatic rings. The Bertz CT molecular complexity index is 1020. The molecule has 0 unspecified atom stereocenters. The molecular weight excluding hydrogens is 357 g/mol. The number of carbonyl (C=O) groups is 2. The number of ketones is 1. The third-order valence-corrected chi connectivity index (χ3v) is 4.17. The van der Waals surface area contributed by atoms with Crippen LogP contribution in [0.25, 0.3) is 17.3 Å². The average Bonchev–Trinajstić information content (AvgIpc) is 3.02. The van der Waals surface area contributed by atoms with Gasteiger partial charge in [0, 0.05) is 36.4 Å². The number of nitrogens with one attached hydrogen (secondary N) is 1. The van der Waals surface area contributed by atoms with Crippen LogP contribution in [0.5, 0.6) is 0 Å². The number of benzene rings is 2. The van der Waals surface area contributed by atoms with Gasteiger partial charge in [0.05, 0.1) is 11.9 Å². The van der Waals surface area contributed by atoms with Crippen molar-refractivity contribution in [3.05, 3.63) is 77.7 Å². The Morgan fingerprint density at radius 2 is 1.79 bits per heavy atom. The smallest absolute Gasteiger partial charge is 0.248 e. The lowest BCUT2D eigenvalue weighted by molar-refractivity contribution is -0.116. The summed E-state index contributed by atoms with van der Waals surface area (Å²) < 4.78 is 14.9. The van der Waals surface area contributed by atoms with Gasteiger partial charge < -0.3 is 5.32 Å². The predicted molar refractivity (Wildman–Crippen MR) is 107 cm³/mol. The van der Waals surface area contributed by atoms with Gasteiger partial charge in [-0.1, -0.05) is 12.1 Å². The molecule has 2 aromatic carbocycles. The molecule has 0 atom stereocenters. The van der Waals surface area contributed by atoms with Gasteiger partial charge in [-0.15, -0.1) is 0 Å². The summed E-state index contributed by atoms with van der Waals surface area (Å²) in [5, 5.41) is 7.00. The number of hydrogen-bond acceptors (Lipinski definition) is 3. The largest absolute Gasteiger partial charge is 0.323 e. The van der Waals surface area contributed by atoms with Crippen LogP contribution in [-0.2, 0) is 23.1 Å². The molecular formula is C22H20FN3O2. The van der Waals surface area contributed by atoms with Gasteiger partial charge in [-0.25, -0.2) is 4.39 Å². The zero-order valence-electron chi connectivity index (χ0n) is 15.6. The van der Waals surface area contributed by atoms with Crippen molar-refractivity contribution in [3.8, 4) is 11.3 Å². The van der Waals surface area contributed by atoms with Crippen LogP contribution in [0, 0.1) is 5.82 Å². The molecule has 0 saturated heterocycles. The first-order valence-corrected chi connectivity index (χ1v) is 8.78. The number of halogens is 1. The van der Waals surface area contributed by atoms with Crippen molar-refractivity contribution in [2.75, 3.05) is 5.32 Å². The van der Waals surface area contributed by atoms with Crippen molar-refractivity contribution in [3.63, 3.8) is 0 Å². The molecule has 5 nitrogen and oxygen atoms in total. The van der Waals surface area contributed by atoms with Crippen molar-refractivity contribution in [1.29, 1.82) is 0 Å². The number of aryl methyl sites for hydroxylation is 1. The molecule has 0 fully saturated rings. The van der Waals surface area contributed by atoms with E-state index in [4.69, 9.17) is 0 Å². The van der Waals surface area contributed by atoms with E-state index in [1.807, 2.05) is 12.1 Å². The minimum Gasteiger partial charge on any atom is -0.323 e. The lowest BCUT2D eigenvalue weighted by Crippen LogP contribution is -2.07. The lowest BCUT2D eigenvalue weighted by atomic mass is 10.1. The van der Waals surface area contributed by atoms with Crippen molar-refractivity contribution in [2.45, 2.75) is 13.3 Å². The van der Waals surface area contributed by atoms with E-state index >= 15 is 0 Å². The van der Waals surface area contributed by atoms with E-state index in [1.165, 1.54) is 18.2 Å². The van der Waals surface area contributed by atoms with Gasteiger partial charge in [-0.3, -0.25) is 14.3 Å². The maximum absolute atomic E-state index is 13.2. The van der Waals surface area contributed by atoms with Crippen LogP contribution >= 0.6 is 0 Å². The Morgan fingerprint density at radius 3 is 2.43 bits per heavy atom. The quantitative estimate of drug-likeness (QED) is 0.660. The second-order valence-corrected chi connectivity index (χ2v) is 6.48. The van der Waals surface area contributed by atoms with Gasteiger partial charge in [0.25, 0.3) is 0 Å². The highest BCUT2D eigenvalue weighted by molar-refractivity contribution is 6.02. The summed E-state index contributed by atoms with van der Waals surface area (Å²) in [4.78, 5) is 23.4. The van der Waals surface area contributed by atoms with Crippen LogP contribution in [0.4, 0.5) is 10.1 Å². The standard InChI is InChI=1S/C22H20FN3O2/c1-15(27)13-16-3-10-20(11-4-16)25-21(28)12-7-18-14-24-26(2)22(18)17-5-8-19(23)9-6-17/h3-12,14H,13H2,1-2H3,(H,25,28)/b12-7+. The van der Waals surface area contributed by atoms with Gasteiger partial charge in [-0.05, 0) is 55.0 Å². The molecule has 142 valence electrons. The second-order valence-electron chi connectivity index (χ2n) is 6.48. The Morgan fingerprint density at radius 1 is 1.11 bits per heavy atom. The predicted octanol–water partition coefficient (Wildman–Crippen LogP) is 4.01. The minimum absolute atomic E-state index is 0.0909. The molecule has 0 spiro atoms. The first kappa shape index (κ1) is 19.2. The number of carbonyl (C=O) groups excluding carboxylic acids is 2.